The summed E-state index contributed by atoms with van der Waals surface area (Å²) in [5, 5.41) is 9.98. The lowest BCUT2D eigenvalue weighted by Crippen LogP contribution is -2.27. The Morgan fingerprint density at radius 1 is 1.39 bits per heavy atom. The molecule has 2 aromatic rings. The zero-order valence-corrected chi connectivity index (χ0v) is 13.9. The van der Waals surface area contributed by atoms with Crippen LogP contribution in [0.4, 0.5) is 0 Å². The summed E-state index contributed by atoms with van der Waals surface area (Å²) in [5.41, 5.74) is 1.89. The number of amides is 1. The molecule has 114 valence electrons. The number of thiocarbonyl (C=S) groups is 1. The number of aromatic nitrogens is 1. The van der Waals surface area contributed by atoms with Crippen LogP contribution in [0.1, 0.15) is 5.56 Å². The summed E-state index contributed by atoms with van der Waals surface area (Å²) in [7, 11) is 0. The Hall–Kier alpha value is -2.36. The molecule has 1 fully saturated rings. The minimum Gasteiger partial charge on any atom is -0.333 e. The Bertz CT molecular complexity index is 889. The van der Waals surface area contributed by atoms with Gasteiger partial charge in [-0.25, -0.2) is 0 Å². The van der Waals surface area contributed by atoms with E-state index in [2.05, 4.69) is 12.6 Å². The fraction of sp³-hybridized carbons (Fsp3) is 0.118. The largest absolute Gasteiger partial charge is 0.333 e. The number of para-hydroxylation sites is 1. The molecule has 1 saturated heterocycles. The van der Waals surface area contributed by atoms with Crippen LogP contribution >= 0.6 is 24.0 Å². The van der Waals surface area contributed by atoms with E-state index in [0.29, 0.717) is 15.8 Å². The third kappa shape index (κ3) is 2.81. The summed E-state index contributed by atoms with van der Waals surface area (Å²) >= 11 is 6.54. The van der Waals surface area contributed by atoms with Gasteiger partial charge in [0.2, 0.25) is 0 Å². The fourth-order valence-electron chi connectivity index (χ4n) is 2.52. The number of nitriles is 1. The van der Waals surface area contributed by atoms with Gasteiger partial charge in [-0.2, -0.15) is 5.26 Å². The molecule has 1 amide bonds. The summed E-state index contributed by atoms with van der Waals surface area (Å²) in [4.78, 5) is 14.6. The summed E-state index contributed by atoms with van der Waals surface area (Å²) in [6, 6.07) is 9.98. The molecule has 0 spiro atoms. The maximum Gasteiger partial charge on any atom is 0.266 e. The molecule has 0 saturated carbocycles. The summed E-state index contributed by atoms with van der Waals surface area (Å²) < 4.78 is 2.42. The second-order valence-corrected chi connectivity index (χ2v) is 6.64. The fourth-order valence-corrected chi connectivity index (χ4v) is 3.79. The first-order chi connectivity index (χ1) is 11.2. The number of carbonyl (C=O) groups excluding carboxylic acids is 1. The van der Waals surface area contributed by atoms with Crippen molar-refractivity contribution in [1.29, 1.82) is 5.26 Å². The van der Waals surface area contributed by atoms with Gasteiger partial charge in [0.15, 0.2) is 0 Å². The SMILES string of the molecule is C=CCN1C(=O)/C(=C/c2cn(CC#N)c3ccccc23)SC1=S. The van der Waals surface area contributed by atoms with E-state index in [0.717, 1.165) is 16.5 Å². The van der Waals surface area contributed by atoms with Gasteiger partial charge in [-0.15, -0.1) is 6.58 Å². The molecule has 2 heterocycles. The van der Waals surface area contributed by atoms with E-state index >= 15 is 0 Å². The highest BCUT2D eigenvalue weighted by Crippen LogP contribution is 2.34. The molecule has 4 nitrogen and oxygen atoms in total. The Kier molecular flexibility index (Phi) is 4.33. The van der Waals surface area contributed by atoms with E-state index in [1.54, 1.807) is 6.08 Å². The van der Waals surface area contributed by atoms with Crippen molar-refractivity contribution < 1.29 is 4.79 Å². The monoisotopic (exact) mass is 339 g/mol. The van der Waals surface area contributed by atoms with Crippen molar-refractivity contribution in [3.8, 4) is 6.07 Å². The number of carbonyl (C=O) groups is 1. The van der Waals surface area contributed by atoms with Gasteiger partial charge in [-0.3, -0.25) is 9.69 Å². The van der Waals surface area contributed by atoms with Crippen LogP contribution in [0.2, 0.25) is 0 Å². The first-order valence-corrected chi connectivity index (χ1v) is 8.19. The van der Waals surface area contributed by atoms with Crippen LogP contribution < -0.4 is 0 Å². The predicted molar refractivity (Wildman–Crippen MR) is 97.6 cm³/mol. The number of thioether (sulfide) groups is 1. The lowest BCUT2D eigenvalue weighted by molar-refractivity contribution is -0.121. The molecule has 0 aliphatic carbocycles. The molecule has 1 aliphatic rings. The van der Waals surface area contributed by atoms with Gasteiger partial charge in [-0.1, -0.05) is 48.3 Å². The van der Waals surface area contributed by atoms with Crippen LogP contribution in [0.25, 0.3) is 17.0 Å². The highest BCUT2D eigenvalue weighted by Gasteiger charge is 2.31. The van der Waals surface area contributed by atoms with E-state index in [-0.39, 0.29) is 12.5 Å². The molecule has 1 aromatic carbocycles. The third-order valence-corrected chi connectivity index (χ3v) is 4.91. The number of benzene rings is 1. The highest BCUT2D eigenvalue weighted by molar-refractivity contribution is 8.26. The van der Waals surface area contributed by atoms with Crippen LogP contribution in [0.3, 0.4) is 0 Å². The first-order valence-electron chi connectivity index (χ1n) is 6.97. The molecular formula is C17H13N3OS2. The number of nitrogens with zero attached hydrogens (tertiary/aromatic N) is 3. The standard InChI is InChI=1S/C17H13N3OS2/c1-2-8-20-16(21)15(23-17(20)22)10-12-11-19(9-7-18)14-6-4-3-5-13(12)14/h2-6,10-11H,1,8-9H2/b15-10-. The van der Waals surface area contributed by atoms with Crippen LogP contribution in [0, 0.1) is 11.3 Å². The molecule has 1 aliphatic heterocycles. The Labute approximate surface area is 143 Å². The van der Waals surface area contributed by atoms with Crippen LogP contribution in [-0.2, 0) is 11.3 Å². The Morgan fingerprint density at radius 3 is 2.91 bits per heavy atom. The maximum atomic E-state index is 12.4. The molecule has 23 heavy (non-hydrogen) atoms. The molecule has 0 atom stereocenters. The van der Waals surface area contributed by atoms with E-state index in [9.17, 15) is 4.79 Å². The van der Waals surface area contributed by atoms with Crippen LogP contribution in [-0.4, -0.2) is 26.2 Å². The van der Waals surface area contributed by atoms with Crippen molar-refractivity contribution in [3.05, 3.63) is 53.6 Å². The molecule has 0 bridgehead atoms. The van der Waals surface area contributed by atoms with Gasteiger partial charge in [0.25, 0.3) is 5.91 Å². The second-order valence-electron chi connectivity index (χ2n) is 4.97. The number of hydrogen-bond acceptors (Lipinski definition) is 4. The van der Waals surface area contributed by atoms with Gasteiger partial charge in [-0.05, 0) is 12.1 Å². The normalized spacial score (nSPS) is 16.3. The van der Waals surface area contributed by atoms with Crippen molar-refractivity contribution >= 4 is 51.2 Å². The zero-order valence-electron chi connectivity index (χ0n) is 12.2. The average Bonchev–Trinajstić information content (AvgIpc) is 3.02. The lowest BCUT2D eigenvalue weighted by Gasteiger charge is -2.10. The lowest BCUT2D eigenvalue weighted by atomic mass is 10.1. The zero-order chi connectivity index (χ0) is 16.4. The summed E-state index contributed by atoms with van der Waals surface area (Å²) in [6.45, 7) is 4.34. The minimum atomic E-state index is -0.1000. The second kappa shape index (κ2) is 6.41. The van der Waals surface area contributed by atoms with Gasteiger partial charge >= 0.3 is 0 Å². The first kappa shape index (κ1) is 15.5. The Balaban J connectivity index is 2.05. The van der Waals surface area contributed by atoms with Crippen molar-refractivity contribution in [2.75, 3.05) is 6.54 Å². The summed E-state index contributed by atoms with van der Waals surface area (Å²) in [6.07, 6.45) is 5.40. The molecule has 0 N–H and O–H groups in total. The van der Waals surface area contributed by atoms with Crippen molar-refractivity contribution in [3.63, 3.8) is 0 Å². The van der Waals surface area contributed by atoms with Crippen molar-refractivity contribution in [1.82, 2.24) is 9.47 Å². The van der Waals surface area contributed by atoms with Crippen LogP contribution in [0.5, 0.6) is 0 Å². The van der Waals surface area contributed by atoms with E-state index in [4.69, 9.17) is 17.5 Å². The molecular weight excluding hydrogens is 326 g/mol. The molecule has 1 aromatic heterocycles. The van der Waals surface area contributed by atoms with Crippen molar-refractivity contribution in [2.24, 2.45) is 0 Å². The smallest absolute Gasteiger partial charge is 0.266 e. The van der Waals surface area contributed by atoms with Gasteiger partial charge < -0.3 is 4.57 Å². The van der Waals surface area contributed by atoms with E-state index < -0.39 is 0 Å². The average molecular weight is 339 g/mol. The number of hydrogen-bond donors (Lipinski definition) is 0. The number of rotatable bonds is 4. The van der Waals surface area contributed by atoms with E-state index in [1.165, 1.54) is 16.7 Å². The van der Waals surface area contributed by atoms with Gasteiger partial charge in [0.1, 0.15) is 10.9 Å². The van der Waals surface area contributed by atoms with Gasteiger partial charge in [0, 0.05) is 29.2 Å². The molecule has 3 rings (SSSR count). The molecule has 0 radical (unpaired) electrons. The predicted octanol–water partition coefficient (Wildman–Crippen LogP) is 3.55. The van der Waals surface area contributed by atoms with Crippen LogP contribution in [0.15, 0.2) is 48.0 Å². The topological polar surface area (TPSA) is 49.0 Å². The minimum absolute atomic E-state index is 0.1000. The maximum absolute atomic E-state index is 12.4. The third-order valence-electron chi connectivity index (χ3n) is 3.53. The molecule has 0 unspecified atom stereocenters. The van der Waals surface area contributed by atoms with Gasteiger partial charge in [0.05, 0.1) is 11.0 Å². The molecule has 6 heteroatoms. The number of fused-ring (bicyclic) bond motifs is 1. The van der Waals surface area contributed by atoms with Crippen molar-refractivity contribution in [2.45, 2.75) is 6.54 Å². The highest BCUT2D eigenvalue weighted by atomic mass is 32.2. The summed E-state index contributed by atoms with van der Waals surface area (Å²) in [5.74, 6) is -0.1000. The quantitative estimate of drug-likeness (QED) is 0.485. The Morgan fingerprint density at radius 2 is 2.17 bits per heavy atom. The van der Waals surface area contributed by atoms with E-state index in [1.807, 2.05) is 41.1 Å².